The molecule has 94 valence electrons. The fourth-order valence-corrected chi connectivity index (χ4v) is 2.87. The van der Waals surface area contributed by atoms with Crippen LogP contribution in [0.4, 0.5) is 0 Å². The number of hydrogen-bond donors (Lipinski definition) is 1. The van der Waals surface area contributed by atoms with Crippen LogP contribution >= 0.6 is 0 Å². The Morgan fingerprint density at radius 2 is 1.94 bits per heavy atom. The van der Waals surface area contributed by atoms with Crippen LogP contribution in [0.1, 0.15) is 34.1 Å². The maximum atomic E-state index is 5.61. The smallest absolute Gasteiger partial charge is 0.0700 e. The van der Waals surface area contributed by atoms with Gasteiger partial charge < -0.3 is 10.1 Å². The number of hydrogen-bond acceptors (Lipinski definition) is 3. The Morgan fingerprint density at radius 3 is 2.44 bits per heavy atom. The largest absolute Gasteiger partial charge is 0.377 e. The normalized spacial score (nSPS) is 41.1. The van der Waals surface area contributed by atoms with Gasteiger partial charge in [-0.05, 0) is 33.1 Å². The monoisotopic (exact) mass is 226 g/mol. The van der Waals surface area contributed by atoms with Gasteiger partial charge >= 0.3 is 0 Å². The van der Waals surface area contributed by atoms with Crippen molar-refractivity contribution in [3.8, 4) is 0 Å². The van der Waals surface area contributed by atoms with Gasteiger partial charge in [-0.25, -0.2) is 0 Å². The second-order valence-corrected chi connectivity index (χ2v) is 5.77. The van der Waals surface area contributed by atoms with Gasteiger partial charge in [0.25, 0.3) is 0 Å². The first-order valence-electron chi connectivity index (χ1n) is 6.69. The molecular weight excluding hydrogens is 200 g/mol. The predicted molar refractivity (Wildman–Crippen MR) is 66.6 cm³/mol. The predicted octanol–water partition coefficient (Wildman–Crippen LogP) is 1.48. The van der Waals surface area contributed by atoms with Crippen molar-refractivity contribution in [3.05, 3.63) is 0 Å². The van der Waals surface area contributed by atoms with Crippen LogP contribution in [0.5, 0.6) is 0 Å². The quantitative estimate of drug-likeness (QED) is 0.789. The highest BCUT2D eigenvalue weighted by Crippen LogP contribution is 2.21. The molecular formula is C13H26N2O. The molecule has 2 saturated heterocycles. The fraction of sp³-hybridized carbons (Fsp3) is 1.00. The van der Waals surface area contributed by atoms with Crippen molar-refractivity contribution in [3.63, 3.8) is 0 Å². The summed E-state index contributed by atoms with van der Waals surface area (Å²) in [6.45, 7) is 12.5. The molecule has 0 bridgehead atoms. The van der Waals surface area contributed by atoms with Crippen molar-refractivity contribution in [1.29, 1.82) is 0 Å². The van der Waals surface area contributed by atoms with Gasteiger partial charge in [-0.2, -0.15) is 0 Å². The topological polar surface area (TPSA) is 24.5 Å². The molecule has 0 aromatic heterocycles. The number of nitrogens with one attached hydrogen (secondary N) is 1. The molecule has 2 fully saturated rings. The summed E-state index contributed by atoms with van der Waals surface area (Å²) in [5.41, 5.74) is 0. The Balaban J connectivity index is 1.86. The summed E-state index contributed by atoms with van der Waals surface area (Å²) in [5, 5.41) is 3.80. The third-order valence-corrected chi connectivity index (χ3v) is 4.18. The molecule has 3 heteroatoms. The third kappa shape index (κ3) is 2.58. The van der Waals surface area contributed by atoms with Gasteiger partial charge in [0.15, 0.2) is 0 Å². The van der Waals surface area contributed by atoms with E-state index < -0.39 is 0 Å². The standard InChI is InChI=1S/C13H26N2O/c1-9(2)15-7-10(3)13(8-15)14-12-5-6-16-11(12)4/h9-14H,5-8H2,1-4H3. The van der Waals surface area contributed by atoms with E-state index in [1.807, 2.05) is 0 Å². The number of ether oxygens (including phenoxy) is 1. The molecule has 2 heterocycles. The van der Waals surface area contributed by atoms with Crippen molar-refractivity contribution >= 4 is 0 Å². The Labute approximate surface area is 99.5 Å². The number of likely N-dealkylation sites (tertiary alicyclic amines) is 1. The van der Waals surface area contributed by atoms with Crippen molar-refractivity contribution in [2.24, 2.45) is 5.92 Å². The second-order valence-electron chi connectivity index (χ2n) is 5.77. The zero-order chi connectivity index (χ0) is 11.7. The van der Waals surface area contributed by atoms with Crippen LogP contribution in [0.15, 0.2) is 0 Å². The van der Waals surface area contributed by atoms with Crippen molar-refractivity contribution in [2.75, 3.05) is 19.7 Å². The van der Waals surface area contributed by atoms with E-state index >= 15 is 0 Å². The van der Waals surface area contributed by atoms with E-state index in [1.165, 1.54) is 19.5 Å². The lowest BCUT2D eigenvalue weighted by atomic mass is 10.0. The van der Waals surface area contributed by atoms with E-state index in [0.29, 0.717) is 24.2 Å². The molecule has 1 N–H and O–H groups in total. The van der Waals surface area contributed by atoms with E-state index in [0.717, 1.165) is 12.5 Å². The first-order chi connectivity index (χ1) is 7.58. The summed E-state index contributed by atoms with van der Waals surface area (Å²) >= 11 is 0. The Morgan fingerprint density at radius 1 is 1.19 bits per heavy atom. The van der Waals surface area contributed by atoms with Gasteiger partial charge in [0, 0.05) is 37.8 Å². The summed E-state index contributed by atoms with van der Waals surface area (Å²) in [6.07, 6.45) is 1.56. The van der Waals surface area contributed by atoms with Gasteiger partial charge in [0.2, 0.25) is 0 Å². The summed E-state index contributed by atoms with van der Waals surface area (Å²) < 4.78 is 5.61. The maximum Gasteiger partial charge on any atom is 0.0700 e. The molecule has 16 heavy (non-hydrogen) atoms. The average molecular weight is 226 g/mol. The highest BCUT2D eigenvalue weighted by atomic mass is 16.5. The lowest BCUT2D eigenvalue weighted by Gasteiger charge is -2.24. The summed E-state index contributed by atoms with van der Waals surface area (Å²) in [4.78, 5) is 2.57. The second kappa shape index (κ2) is 5.03. The van der Waals surface area contributed by atoms with Crippen LogP contribution < -0.4 is 5.32 Å². The molecule has 3 nitrogen and oxygen atoms in total. The molecule has 0 aromatic rings. The minimum atomic E-state index is 0.389. The highest BCUT2D eigenvalue weighted by Gasteiger charge is 2.34. The highest BCUT2D eigenvalue weighted by molar-refractivity contribution is 4.92. The van der Waals surface area contributed by atoms with Gasteiger partial charge in [-0.3, -0.25) is 4.90 Å². The molecule has 0 radical (unpaired) electrons. The van der Waals surface area contributed by atoms with Crippen molar-refractivity contribution in [1.82, 2.24) is 10.2 Å². The summed E-state index contributed by atoms with van der Waals surface area (Å²) in [6, 6.07) is 1.89. The minimum Gasteiger partial charge on any atom is -0.377 e. The van der Waals surface area contributed by atoms with Gasteiger partial charge in [0.1, 0.15) is 0 Å². The van der Waals surface area contributed by atoms with E-state index in [9.17, 15) is 0 Å². The first kappa shape index (κ1) is 12.3. The van der Waals surface area contributed by atoms with Crippen molar-refractivity contribution < 1.29 is 4.74 Å². The minimum absolute atomic E-state index is 0.389. The molecule has 0 aromatic carbocycles. The third-order valence-electron chi connectivity index (χ3n) is 4.18. The van der Waals surface area contributed by atoms with Crippen LogP contribution in [-0.2, 0) is 4.74 Å². The molecule has 4 atom stereocenters. The van der Waals surface area contributed by atoms with E-state index in [4.69, 9.17) is 4.74 Å². The summed E-state index contributed by atoms with van der Waals surface area (Å²) in [7, 11) is 0. The maximum absolute atomic E-state index is 5.61. The average Bonchev–Trinajstić information content (AvgIpc) is 2.76. The van der Waals surface area contributed by atoms with Crippen LogP contribution in [0, 0.1) is 5.92 Å². The van der Waals surface area contributed by atoms with Crippen LogP contribution in [0.3, 0.4) is 0 Å². The molecule has 2 rings (SSSR count). The van der Waals surface area contributed by atoms with Crippen LogP contribution in [-0.4, -0.2) is 48.8 Å². The van der Waals surface area contributed by atoms with Gasteiger partial charge in [-0.1, -0.05) is 6.92 Å². The molecule has 0 saturated carbocycles. The molecule has 0 amide bonds. The van der Waals surface area contributed by atoms with E-state index in [1.54, 1.807) is 0 Å². The van der Waals surface area contributed by atoms with E-state index in [-0.39, 0.29) is 0 Å². The Bertz CT molecular complexity index is 232. The Hall–Kier alpha value is -0.120. The SMILES string of the molecule is CC1CN(C(C)C)CC1NC1CCOC1C. The zero-order valence-electron chi connectivity index (χ0n) is 11.1. The number of nitrogens with zero attached hydrogens (tertiary/aromatic N) is 1. The molecule has 2 aliphatic rings. The van der Waals surface area contributed by atoms with E-state index in [2.05, 4.69) is 37.9 Å². The van der Waals surface area contributed by atoms with Gasteiger partial charge in [0.05, 0.1) is 6.10 Å². The Kier molecular flexibility index (Phi) is 3.88. The van der Waals surface area contributed by atoms with Crippen LogP contribution in [0.2, 0.25) is 0 Å². The lowest BCUT2D eigenvalue weighted by Crippen LogP contribution is -2.45. The fourth-order valence-electron chi connectivity index (χ4n) is 2.87. The molecule has 2 aliphatic heterocycles. The first-order valence-corrected chi connectivity index (χ1v) is 6.69. The summed E-state index contributed by atoms with van der Waals surface area (Å²) in [5.74, 6) is 0.759. The van der Waals surface area contributed by atoms with Gasteiger partial charge in [-0.15, -0.1) is 0 Å². The van der Waals surface area contributed by atoms with Crippen LogP contribution in [0.25, 0.3) is 0 Å². The lowest BCUT2D eigenvalue weighted by molar-refractivity contribution is 0.110. The molecule has 0 aliphatic carbocycles. The zero-order valence-corrected chi connectivity index (χ0v) is 11.1. The van der Waals surface area contributed by atoms with Crippen molar-refractivity contribution in [2.45, 2.75) is 58.3 Å². The molecule has 0 spiro atoms. The number of rotatable bonds is 3. The molecule has 4 unspecified atom stereocenters.